The van der Waals surface area contributed by atoms with Crippen molar-refractivity contribution in [3.8, 4) is 0 Å². The van der Waals surface area contributed by atoms with Crippen molar-refractivity contribution in [1.29, 1.82) is 0 Å². The molecule has 1 aliphatic carbocycles. The minimum absolute atomic E-state index is 0.608. The molecule has 32 heavy (non-hydrogen) atoms. The summed E-state index contributed by atoms with van der Waals surface area (Å²) in [6.07, 6.45) is 11.9. The SMILES string of the molecule is CC1CCc2ncn(C)c2C1.CCn1cnc2ccccc21.C[C@@H]1CCCn2cnnc21. The second-order valence-corrected chi connectivity index (χ2v) is 9.04. The lowest BCUT2D eigenvalue weighted by molar-refractivity contribution is 0.463. The van der Waals surface area contributed by atoms with Gasteiger partial charge >= 0.3 is 0 Å². The lowest BCUT2D eigenvalue weighted by Gasteiger charge is -2.17. The molecule has 2 atom stereocenters. The first kappa shape index (κ1) is 22.2. The highest BCUT2D eigenvalue weighted by Gasteiger charge is 2.18. The van der Waals surface area contributed by atoms with Crippen molar-refractivity contribution in [3.05, 3.63) is 60.5 Å². The summed E-state index contributed by atoms with van der Waals surface area (Å²) in [5, 5.41) is 7.92. The third-order valence-corrected chi connectivity index (χ3v) is 6.55. The number of rotatable bonds is 1. The number of aromatic nitrogens is 7. The Bertz CT molecular complexity index is 1140. The largest absolute Gasteiger partial charge is 0.337 e. The van der Waals surface area contributed by atoms with E-state index in [2.05, 4.69) is 67.8 Å². The van der Waals surface area contributed by atoms with Gasteiger partial charge in [0.1, 0.15) is 12.2 Å². The summed E-state index contributed by atoms with van der Waals surface area (Å²) in [5.74, 6) is 2.61. The van der Waals surface area contributed by atoms with Gasteiger partial charge in [-0.1, -0.05) is 26.0 Å². The molecule has 1 aromatic carbocycles. The molecular formula is C25H35N7. The van der Waals surface area contributed by atoms with Crippen LogP contribution in [-0.2, 0) is 33.0 Å². The standard InChI is InChI=1S/C9H14N2.C9H10N2.C7H11N3/c1-7-3-4-8-9(5-7)11(2)6-10-8;1-2-11-7-10-8-5-3-4-6-9(8)11;1-6-3-2-4-10-5-8-9-7(6)10/h6-7H,3-5H2,1-2H3;3-7H,2H2,1H3;5-6H,2-4H2,1H3/t;;6-/m..1/s1. The first-order chi connectivity index (χ1) is 15.6. The van der Waals surface area contributed by atoms with Crippen LogP contribution in [0.1, 0.15) is 63.2 Å². The summed E-state index contributed by atoms with van der Waals surface area (Å²) < 4.78 is 6.44. The molecule has 0 spiro atoms. The lowest BCUT2D eigenvalue weighted by Crippen LogP contribution is -2.13. The average Bonchev–Trinajstić information content (AvgIpc) is 3.54. The molecule has 0 fully saturated rings. The molecular weight excluding hydrogens is 398 g/mol. The van der Waals surface area contributed by atoms with Crippen molar-refractivity contribution in [3.63, 3.8) is 0 Å². The smallest absolute Gasteiger partial charge is 0.135 e. The zero-order valence-corrected chi connectivity index (χ0v) is 19.8. The van der Waals surface area contributed by atoms with Gasteiger partial charge in [0.15, 0.2) is 0 Å². The van der Waals surface area contributed by atoms with Crippen molar-refractivity contribution in [2.24, 2.45) is 13.0 Å². The molecule has 0 radical (unpaired) electrons. The fraction of sp³-hybridized carbons (Fsp3) is 0.520. The topological polar surface area (TPSA) is 66.3 Å². The number of aryl methyl sites for hydroxylation is 4. The number of imidazole rings is 2. The van der Waals surface area contributed by atoms with Crippen LogP contribution in [-0.4, -0.2) is 33.9 Å². The molecule has 0 saturated carbocycles. The van der Waals surface area contributed by atoms with E-state index in [9.17, 15) is 0 Å². The third-order valence-electron chi connectivity index (χ3n) is 6.55. The summed E-state index contributed by atoms with van der Waals surface area (Å²) in [6.45, 7) is 8.73. The summed E-state index contributed by atoms with van der Waals surface area (Å²) in [5.41, 5.74) is 5.07. The highest BCUT2D eigenvalue weighted by Crippen LogP contribution is 2.24. The maximum Gasteiger partial charge on any atom is 0.135 e. The number of fused-ring (bicyclic) bond motifs is 3. The van der Waals surface area contributed by atoms with Gasteiger partial charge in [-0.05, 0) is 57.1 Å². The van der Waals surface area contributed by atoms with Gasteiger partial charge in [0.25, 0.3) is 0 Å². The molecule has 0 bridgehead atoms. The maximum absolute atomic E-state index is 4.35. The van der Waals surface area contributed by atoms with Gasteiger partial charge in [0.2, 0.25) is 0 Å². The lowest BCUT2D eigenvalue weighted by atomic mass is 9.91. The van der Waals surface area contributed by atoms with Crippen LogP contribution in [0.3, 0.4) is 0 Å². The van der Waals surface area contributed by atoms with Gasteiger partial charge < -0.3 is 13.7 Å². The Morgan fingerprint density at radius 3 is 2.69 bits per heavy atom. The van der Waals surface area contributed by atoms with Gasteiger partial charge in [0.05, 0.1) is 29.4 Å². The molecule has 1 aliphatic heterocycles. The Kier molecular flexibility index (Phi) is 7.02. The molecule has 2 aliphatic rings. The van der Waals surface area contributed by atoms with Gasteiger partial charge in [-0.25, -0.2) is 9.97 Å². The number of nitrogens with zero attached hydrogens (tertiary/aromatic N) is 7. The Hall–Kier alpha value is -2.96. The van der Waals surface area contributed by atoms with Crippen LogP contribution in [0.15, 0.2) is 43.2 Å². The molecule has 7 nitrogen and oxygen atoms in total. The van der Waals surface area contributed by atoms with Crippen LogP contribution in [0.5, 0.6) is 0 Å². The van der Waals surface area contributed by atoms with Crippen molar-refractivity contribution < 1.29 is 0 Å². The van der Waals surface area contributed by atoms with Gasteiger partial charge in [-0.2, -0.15) is 0 Å². The number of hydrogen-bond donors (Lipinski definition) is 0. The van der Waals surface area contributed by atoms with Crippen LogP contribution < -0.4 is 0 Å². The summed E-state index contributed by atoms with van der Waals surface area (Å²) in [6, 6.07) is 8.17. The zero-order chi connectivity index (χ0) is 22.5. The highest BCUT2D eigenvalue weighted by atomic mass is 15.3. The van der Waals surface area contributed by atoms with E-state index in [0.29, 0.717) is 5.92 Å². The minimum atomic E-state index is 0.608. The molecule has 0 N–H and O–H groups in total. The fourth-order valence-corrected chi connectivity index (χ4v) is 4.57. The van der Waals surface area contributed by atoms with Crippen molar-refractivity contribution >= 4 is 11.0 Å². The zero-order valence-electron chi connectivity index (χ0n) is 19.8. The van der Waals surface area contributed by atoms with E-state index in [1.54, 1.807) is 0 Å². The molecule has 3 aromatic heterocycles. The van der Waals surface area contributed by atoms with Gasteiger partial charge in [-0.3, -0.25) is 0 Å². The first-order valence-electron chi connectivity index (χ1n) is 11.8. The Balaban J connectivity index is 0.000000115. The first-order valence-corrected chi connectivity index (χ1v) is 11.8. The molecule has 0 amide bonds. The van der Waals surface area contributed by atoms with Crippen LogP contribution in [0.2, 0.25) is 0 Å². The predicted molar refractivity (Wildman–Crippen MR) is 127 cm³/mol. The van der Waals surface area contributed by atoms with E-state index < -0.39 is 0 Å². The van der Waals surface area contributed by atoms with E-state index in [0.717, 1.165) is 30.3 Å². The summed E-state index contributed by atoms with van der Waals surface area (Å²) in [7, 11) is 2.09. The molecule has 7 heteroatoms. The normalized spacial score (nSPS) is 19.2. The second-order valence-electron chi connectivity index (χ2n) is 9.04. The molecule has 4 heterocycles. The summed E-state index contributed by atoms with van der Waals surface area (Å²) in [4.78, 5) is 8.61. The molecule has 6 rings (SSSR count). The minimum Gasteiger partial charge on any atom is -0.337 e. The van der Waals surface area contributed by atoms with E-state index in [-0.39, 0.29) is 0 Å². The van der Waals surface area contributed by atoms with Crippen LogP contribution in [0.4, 0.5) is 0 Å². The average molecular weight is 434 g/mol. The number of hydrogen-bond acceptors (Lipinski definition) is 4. The molecule has 1 unspecified atom stereocenters. The van der Waals surface area contributed by atoms with E-state index in [1.165, 1.54) is 49.0 Å². The van der Waals surface area contributed by atoms with Crippen LogP contribution in [0.25, 0.3) is 11.0 Å². The summed E-state index contributed by atoms with van der Waals surface area (Å²) >= 11 is 0. The Morgan fingerprint density at radius 1 is 1.03 bits per heavy atom. The molecule has 4 aromatic rings. The van der Waals surface area contributed by atoms with E-state index >= 15 is 0 Å². The maximum atomic E-state index is 4.35. The molecule has 0 saturated heterocycles. The van der Waals surface area contributed by atoms with Crippen LogP contribution >= 0.6 is 0 Å². The highest BCUT2D eigenvalue weighted by molar-refractivity contribution is 5.74. The van der Waals surface area contributed by atoms with Gasteiger partial charge in [-0.15, -0.1) is 10.2 Å². The third kappa shape index (κ3) is 4.92. The van der Waals surface area contributed by atoms with Gasteiger partial charge in [0, 0.05) is 31.7 Å². The fourth-order valence-electron chi connectivity index (χ4n) is 4.57. The van der Waals surface area contributed by atoms with Crippen molar-refractivity contribution in [2.75, 3.05) is 0 Å². The Morgan fingerprint density at radius 2 is 1.88 bits per heavy atom. The number of benzene rings is 1. The second kappa shape index (κ2) is 10.1. The van der Waals surface area contributed by atoms with E-state index in [4.69, 9.17) is 0 Å². The predicted octanol–water partition coefficient (Wildman–Crippen LogP) is 4.78. The van der Waals surface area contributed by atoms with E-state index in [1.807, 2.05) is 37.2 Å². The van der Waals surface area contributed by atoms with Crippen LogP contribution in [0, 0.1) is 5.92 Å². The Labute approximate surface area is 190 Å². The van der Waals surface area contributed by atoms with Crippen molar-refractivity contribution in [2.45, 2.75) is 71.9 Å². The molecule has 170 valence electrons. The quantitative estimate of drug-likeness (QED) is 0.433. The monoisotopic (exact) mass is 433 g/mol. The number of para-hydroxylation sites is 2. The van der Waals surface area contributed by atoms with Crippen molar-refractivity contribution in [1.82, 2.24) is 33.9 Å².